The largest absolute Gasteiger partial charge is 0.497 e. The number of guanidine groups is 1. The summed E-state index contributed by atoms with van der Waals surface area (Å²) in [6, 6.07) is 5.46. The van der Waals surface area contributed by atoms with Crippen LogP contribution in [0.25, 0.3) is 0 Å². The zero-order valence-corrected chi connectivity index (χ0v) is 18.1. The zero-order valence-electron chi connectivity index (χ0n) is 18.1. The molecule has 2 heterocycles. The van der Waals surface area contributed by atoms with Gasteiger partial charge >= 0.3 is 0 Å². The van der Waals surface area contributed by atoms with Crippen molar-refractivity contribution >= 4 is 5.96 Å². The Morgan fingerprint density at radius 2 is 2.03 bits per heavy atom. The molecule has 2 aliphatic heterocycles. The van der Waals surface area contributed by atoms with Crippen LogP contribution in [0.5, 0.6) is 11.5 Å². The van der Waals surface area contributed by atoms with Crippen LogP contribution in [0, 0.1) is 5.92 Å². The Morgan fingerprint density at radius 1 is 1.24 bits per heavy atom. The molecule has 0 amide bonds. The standard InChI is InChI=1S/C22H36N4O3/c1-4-23-22(26-12-9-17(16-26)15-25-10-5-6-11-25)24-14-20(27)19-13-18(28-2)7-8-21(19)29-3/h7-8,13,17,20,27H,4-6,9-12,14-16H2,1-3H3,(H,23,24). The Bertz CT molecular complexity index is 676. The molecule has 0 spiro atoms. The number of hydrogen-bond donors (Lipinski definition) is 2. The number of nitrogens with one attached hydrogen (secondary N) is 1. The first kappa shape index (κ1) is 21.7. The van der Waals surface area contributed by atoms with Crippen LogP contribution in [-0.4, -0.2) is 80.9 Å². The molecule has 3 rings (SSSR count). The van der Waals surface area contributed by atoms with E-state index in [1.54, 1.807) is 14.2 Å². The molecule has 1 aromatic carbocycles. The van der Waals surface area contributed by atoms with Crippen LogP contribution in [0.2, 0.25) is 0 Å². The highest BCUT2D eigenvalue weighted by molar-refractivity contribution is 5.80. The summed E-state index contributed by atoms with van der Waals surface area (Å²) in [6.45, 7) is 8.90. The molecule has 1 aromatic rings. The summed E-state index contributed by atoms with van der Waals surface area (Å²) < 4.78 is 10.7. The van der Waals surface area contributed by atoms with Crippen LogP contribution in [0.3, 0.4) is 0 Å². The Balaban J connectivity index is 1.63. The number of hydrogen-bond acceptors (Lipinski definition) is 5. The number of aliphatic hydroxyl groups is 1. The maximum absolute atomic E-state index is 10.8. The molecule has 162 valence electrons. The molecule has 0 aromatic heterocycles. The van der Waals surface area contributed by atoms with E-state index in [1.165, 1.54) is 38.9 Å². The second-order valence-electron chi connectivity index (χ2n) is 7.93. The van der Waals surface area contributed by atoms with Crippen LogP contribution in [0.1, 0.15) is 37.9 Å². The van der Waals surface area contributed by atoms with Crippen molar-refractivity contribution in [2.45, 2.75) is 32.3 Å². The van der Waals surface area contributed by atoms with Gasteiger partial charge in [0.05, 0.1) is 20.8 Å². The lowest BCUT2D eigenvalue weighted by Crippen LogP contribution is -2.41. The third-order valence-corrected chi connectivity index (χ3v) is 5.85. The van der Waals surface area contributed by atoms with Crippen molar-refractivity contribution in [1.29, 1.82) is 0 Å². The van der Waals surface area contributed by atoms with Gasteiger partial charge in [0.2, 0.25) is 0 Å². The Labute approximate surface area is 174 Å². The number of nitrogens with zero attached hydrogens (tertiary/aromatic N) is 3. The highest BCUT2D eigenvalue weighted by atomic mass is 16.5. The number of methoxy groups -OCH3 is 2. The zero-order chi connectivity index (χ0) is 20.6. The monoisotopic (exact) mass is 404 g/mol. The van der Waals surface area contributed by atoms with Gasteiger partial charge in [0.25, 0.3) is 0 Å². The number of ether oxygens (including phenoxy) is 2. The van der Waals surface area contributed by atoms with Crippen molar-refractivity contribution in [2.24, 2.45) is 10.9 Å². The van der Waals surface area contributed by atoms with Gasteiger partial charge in [-0.15, -0.1) is 0 Å². The van der Waals surface area contributed by atoms with Gasteiger partial charge in [-0.2, -0.15) is 0 Å². The van der Waals surface area contributed by atoms with Crippen molar-refractivity contribution in [1.82, 2.24) is 15.1 Å². The fraction of sp³-hybridized carbons (Fsp3) is 0.682. The minimum absolute atomic E-state index is 0.277. The van der Waals surface area contributed by atoms with E-state index >= 15 is 0 Å². The minimum atomic E-state index is -0.753. The summed E-state index contributed by atoms with van der Waals surface area (Å²) in [5.74, 6) is 2.92. The van der Waals surface area contributed by atoms with E-state index in [9.17, 15) is 5.11 Å². The molecule has 2 saturated heterocycles. The van der Waals surface area contributed by atoms with Gasteiger partial charge in [0, 0.05) is 31.7 Å². The summed E-state index contributed by atoms with van der Waals surface area (Å²) in [5.41, 5.74) is 0.694. The summed E-state index contributed by atoms with van der Waals surface area (Å²) >= 11 is 0. The summed E-state index contributed by atoms with van der Waals surface area (Å²) in [5, 5.41) is 14.2. The van der Waals surface area contributed by atoms with E-state index < -0.39 is 6.10 Å². The quantitative estimate of drug-likeness (QED) is 0.511. The van der Waals surface area contributed by atoms with Gasteiger partial charge < -0.3 is 29.7 Å². The topological polar surface area (TPSA) is 69.6 Å². The molecule has 2 N–H and O–H groups in total. The van der Waals surface area contributed by atoms with Gasteiger partial charge in [-0.1, -0.05) is 0 Å². The summed E-state index contributed by atoms with van der Waals surface area (Å²) in [4.78, 5) is 9.67. The lowest BCUT2D eigenvalue weighted by Gasteiger charge is -2.24. The molecule has 0 saturated carbocycles. The number of aliphatic imine (C=N–C) groups is 1. The first-order valence-electron chi connectivity index (χ1n) is 10.8. The Hall–Kier alpha value is -1.99. The van der Waals surface area contributed by atoms with Gasteiger partial charge in [-0.25, -0.2) is 0 Å². The smallest absolute Gasteiger partial charge is 0.194 e. The average molecular weight is 405 g/mol. The number of likely N-dealkylation sites (tertiary alicyclic amines) is 2. The second kappa shape index (κ2) is 10.7. The van der Waals surface area contributed by atoms with E-state index in [-0.39, 0.29) is 6.54 Å². The Kier molecular flexibility index (Phi) is 8.00. The van der Waals surface area contributed by atoms with Crippen molar-refractivity contribution in [3.8, 4) is 11.5 Å². The number of benzene rings is 1. The Morgan fingerprint density at radius 3 is 2.72 bits per heavy atom. The number of aliphatic hydroxyl groups excluding tert-OH is 1. The first-order valence-corrected chi connectivity index (χ1v) is 10.8. The third-order valence-electron chi connectivity index (χ3n) is 5.85. The third kappa shape index (κ3) is 5.76. The number of rotatable bonds is 8. The maximum Gasteiger partial charge on any atom is 0.194 e. The van der Waals surface area contributed by atoms with E-state index in [4.69, 9.17) is 14.5 Å². The normalized spacial score (nSPS) is 21.4. The van der Waals surface area contributed by atoms with E-state index in [2.05, 4.69) is 22.0 Å². The molecule has 2 atom stereocenters. The molecule has 2 aliphatic rings. The van der Waals surface area contributed by atoms with Crippen LogP contribution in [0.15, 0.2) is 23.2 Å². The minimum Gasteiger partial charge on any atom is -0.497 e. The molecular weight excluding hydrogens is 368 g/mol. The lowest BCUT2D eigenvalue weighted by molar-refractivity contribution is 0.181. The molecule has 7 nitrogen and oxygen atoms in total. The van der Waals surface area contributed by atoms with Crippen LogP contribution < -0.4 is 14.8 Å². The van der Waals surface area contributed by atoms with Crippen LogP contribution >= 0.6 is 0 Å². The molecule has 7 heteroatoms. The van der Waals surface area contributed by atoms with Gasteiger partial charge in [0.1, 0.15) is 17.6 Å². The van der Waals surface area contributed by atoms with Crippen LogP contribution in [0.4, 0.5) is 0 Å². The molecule has 2 fully saturated rings. The predicted molar refractivity (Wildman–Crippen MR) is 116 cm³/mol. The van der Waals surface area contributed by atoms with Gasteiger partial charge in [-0.3, -0.25) is 4.99 Å². The van der Waals surface area contributed by atoms with E-state index in [0.717, 1.165) is 25.6 Å². The van der Waals surface area contributed by atoms with E-state index in [0.29, 0.717) is 23.0 Å². The predicted octanol–water partition coefficient (Wildman–Crippen LogP) is 2.12. The highest BCUT2D eigenvalue weighted by Gasteiger charge is 2.27. The summed E-state index contributed by atoms with van der Waals surface area (Å²) in [6.07, 6.45) is 3.13. The van der Waals surface area contributed by atoms with Crippen LogP contribution in [-0.2, 0) is 0 Å². The van der Waals surface area contributed by atoms with Crippen molar-refractivity contribution in [3.05, 3.63) is 23.8 Å². The summed E-state index contributed by atoms with van der Waals surface area (Å²) in [7, 11) is 3.22. The van der Waals surface area contributed by atoms with Crippen molar-refractivity contribution in [2.75, 3.05) is 60.0 Å². The molecule has 0 radical (unpaired) electrons. The lowest BCUT2D eigenvalue weighted by atomic mass is 10.1. The molecule has 0 bridgehead atoms. The van der Waals surface area contributed by atoms with E-state index in [1.807, 2.05) is 18.2 Å². The molecule has 2 unspecified atom stereocenters. The van der Waals surface area contributed by atoms with Crippen molar-refractivity contribution in [3.63, 3.8) is 0 Å². The molecular formula is C22H36N4O3. The first-order chi connectivity index (χ1) is 14.1. The van der Waals surface area contributed by atoms with Gasteiger partial charge in [0.15, 0.2) is 5.96 Å². The maximum atomic E-state index is 10.8. The SMILES string of the molecule is CCNC(=NCC(O)c1cc(OC)ccc1OC)N1CCC(CN2CCCC2)C1. The fourth-order valence-corrected chi connectivity index (χ4v) is 4.30. The fourth-order valence-electron chi connectivity index (χ4n) is 4.30. The second-order valence-corrected chi connectivity index (χ2v) is 7.93. The average Bonchev–Trinajstić information content (AvgIpc) is 3.43. The van der Waals surface area contributed by atoms with Gasteiger partial charge in [-0.05, 0) is 63.4 Å². The molecule has 0 aliphatic carbocycles. The highest BCUT2D eigenvalue weighted by Crippen LogP contribution is 2.29. The molecule has 29 heavy (non-hydrogen) atoms. The van der Waals surface area contributed by atoms with Crippen molar-refractivity contribution < 1.29 is 14.6 Å².